The predicted octanol–water partition coefficient (Wildman–Crippen LogP) is 1.35. The molecule has 4 heteroatoms. The van der Waals surface area contributed by atoms with Gasteiger partial charge in [-0.25, -0.2) is 0 Å². The van der Waals surface area contributed by atoms with E-state index >= 15 is 0 Å². The van der Waals surface area contributed by atoms with Crippen LogP contribution in [-0.2, 0) is 11.3 Å². The van der Waals surface area contributed by atoms with Crippen LogP contribution in [0.3, 0.4) is 0 Å². The van der Waals surface area contributed by atoms with Crippen LogP contribution in [0.5, 0.6) is 0 Å². The van der Waals surface area contributed by atoms with Crippen LogP contribution in [0.25, 0.3) is 0 Å². The van der Waals surface area contributed by atoms with Gasteiger partial charge in [0.15, 0.2) is 0 Å². The van der Waals surface area contributed by atoms with Crippen molar-refractivity contribution in [3.05, 3.63) is 18.0 Å². The Balaban J connectivity index is 1.90. The lowest BCUT2D eigenvalue weighted by atomic mass is 10.2. The van der Waals surface area contributed by atoms with E-state index < -0.39 is 0 Å². The maximum Gasteiger partial charge on any atom is 0.124 e. The molecule has 1 heterocycles. The summed E-state index contributed by atoms with van der Waals surface area (Å²) in [6.07, 6.45) is 4.38. The normalized spacial score (nSPS) is 10.5. The molecule has 74 valence electrons. The SMILES string of the molecule is OCCCCCOCc1ccon1. The molecule has 0 atom stereocenters. The molecule has 1 N–H and O–H groups in total. The molecule has 0 unspecified atom stereocenters. The van der Waals surface area contributed by atoms with E-state index in [1.807, 2.05) is 0 Å². The standard InChI is InChI=1S/C9H15NO3/c11-5-2-1-3-6-12-8-9-4-7-13-10-9/h4,7,11H,1-3,5-6,8H2. The largest absolute Gasteiger partial charge is 0.396 e. The van der Waals surface area contributed by atoms with Crippen molar-refractivity contribution in [1.82, 2.24) is 5.16 Å². The summed E-state index contributed by atoms with van der Waals surface area (Å²) < 4.78 is 9.97. The summed E-state index contributed by atoms with van der Waals surface area (Å²) in [5.41, 5.74) is 0.821. The zero-order chi connectivity index (χ0) is 9.36. The van der Waals surface area contributed by atoms with Gasteiger partial charge in [0.25, 0.3) is 0 Å². The molecule has 4 nitrogen and oxygen atoms in total. The summed E-state index contributed by atoms with van der Waals surface area (Å²) in [6, 6.07) is 1.79. The van der Waals surface area contributed by atoms with Gasteiger partial charge in [-0.05, 0) is 19.3 Å². The number of aliphatic hydroxyl groups excluding tert-OH is 1. The van der Waals surface area contributed by atoms with Crippen molar-refractivity contribution in [1.29, 1.82) is 0 Å². The summed E-state index contributed by atoms with van der Waals surface area (Å²) in [7, 11) is 0. The van der Waals surface area contributed by atoms with Gasteiger partial charge in [-0.2, -0.15) is 0 Å². The minimum atomic E-state index is 0.267. The summed E-state index contributed by atoms with van der Waals surface area (Å²) in [5.74, 6) is 0. The molecular formula is C9H15NO3. The van der Waals surface area contributed by atoms with Gasteiger partial charge in [0.1, 0.15) is 12.0 Å². The van der Waals surface area contributed by atoms with Crippen LogP contribution in [0.2, 0.25) is 0 Å². The lowest BCUT2D eigenvalue weighted by Gasteiger charge is -2.00. The fraction of sp³-hybridized carbons (Fsp3) is 0.667. The van der Waals surface area contributed by atoms with Gasteiger partial charge in [0, 0.05) is 19.3 Å². The predicted molar refractivity (Wildman–Crippen MR) is 47.1 cm³/mol. The lowest BCUT2D eigenvalue weighted by Crippen LogP contribution is -1.96. The summed E-state index contributed by atoms with van der Waals surface area (Å²) in [6.45, 7) is 1.49. The van der Waals surface area contributed by atoms with E-state index in [1.54, 1.807) is 6.07 Å². The van der Waals surface area contributed by atoms with Crippen LogP contribution in [0.4, 0.5) is 0 Å². The molecule has 0 fully saturated rings. The van der Waals surface area contributed by atoms with E-state index in [0.29, 0.717) is 13.2 Å². The van der Waals surface area contributed by atoms with Gasteiger partial charge in [0.05, 0.1) is 6.61 Å². The van der Waals surface area contributed by atoms with E-state index in [4.69, 9.17) is 9.84 Å². The number of hydrogen-bond donors (Lipinski definition) is 1. The van der Waals surface area contributed by atoms with E-state index in [9.17, 15) is 0 Å². The van der Waals surface area contributed by atoms with Crippen LogP contribution in [-0.4, -0.2) is 23.5 Å². The second-order valence-corrected chi connectivity index (χ2v) is 2.83. The van der Waals surface area contributed by atoms with Crippen LogP contribution in [0.15, 0.2) is 16.9 Å². The Kier molecular flexibility index (Phi) is 5.20. The molecule has 0 saturated heterocycles. The maximum absolute atomic E-state index is 8.51. The third kappa shape index (κ3) is 4.65. The summed E-state index contributed by atoms with van der Waals surface area (Å²) in [4.78, 5) is 0. The zero-order valence-electron chi connectivity index (χ0n) is 7.61. The molecule has 1 rings (SSSR count). The Labute approximate surface area is 77.5 Å². The smallest absolute Gasteiger partial charge is 0.124 e. The molecule has 0 amide bonds. The van der Waals surface area contributed by atoms with Crippen molar-refractivity contribution in [2.24, 2.45) is 0 Å². The topological polar surface area (TPSA) is 55.5 Å². The maximum atomic E-state index is 8.51. The fourth-order valence-electron chi connectivity index (χ4n) is 0.981. The van der Waals surface area contributed by atoms with Gasteiger partial charge in [0.2, 0.25) is 0 Å². The van der Waals surface area contributed by atoms with E-state index in [2.05, 4.69) is 9.68 Å². The minimum absolute atomic E-state index is 0.267. The third-order valence-corrected chi connectivity index (χ3v) is 1.69. The third-order valence-electron chi connectivity index (χ3n) is 1.69. The van der Waals surface area contributed by atoms with Gasteiger partial charge in [-0.3, -0.25) is 0 Å². The van der Waals surface area contributed by atoms with Crippen molar-refractivity contribution >= 4 is 0 Å². The Morgan fingerprint density at radius 1 is 1.38 bits per heavy atom. The van der Waals surface area contributed by atoms with Gasteiger partial charge in [-0.1, -0.05) is 5.16 Å². The first-order valence-corrected chi connectivity index (χ1v) is 4.51. The molecule has 0 aromatic carbocycles. The van der Waals surface area contributed by atoms with Crippen LogP contribution in [0, 0.1) is 0 Å². The Bertz CT molecular complexity index is 199. The number of aromatic nitrogens is 1. The molecule has 0 radical (unpaired) electrons. The minimum Gasteiger partial charge on any atom is -0.396 e. The number of rotatable bonds is 7. The molecule has 0 saturated carbocycles. The van der Waals surface area contributed by atoms with Gasteiger partial charge >= 0.3 is 0 Å². The van der Waals surface area contributed by atoms with Gasteiger partial charge in [-0.15, -0.1) is 0 Å². The van der Waals surface area contributed by atoms with Crippen LogP contribution >= 0.6 is 0 Å². The highest BCUT2D eigenvalue weighted by Crippen LogP contribution is 1.99. The highest BCUT2D eigenvalue weighted by atomic mass is 16.5. The number of hydrogen-bond acceptors (Lipinski definition) is 4. The van der Waals surface area contributed by atoms with Crippen LogP contribution < -0.4 is 0 Å². The average Bonchev–Trinajstić information content (AvgIpc) is 2.63. The first-order chi connectivity index (χ1) is 6.43. The molecule has 1 aromatic heterocycles. The lowest BCUT2D eigenvalue weighted by molar-refractivity contribution is 0.110. The first-order valence-electron chi connectivity index (χ1n) is 4.51. The molecule has 1 aromatic rings. The van der Waals surface area contributed by atoms with Crippen LogP contribution in [0.1, 0.15) is 25.0 Å². The molecule has 0 bridgehead atoms. The average molecular weight is 185 g/mol. The first kappa shape index (κ1) is 10.2. The Hall–Kier alpha value is -0.870. The number of nitrogens with zero attached hydrogens (tertiary/aromatic N) is 1. The molecule has 13 heavy (non-hydrogen) atoms. The fourth-order valence-corrected chi connectivity index (χ4v) is 0.981. The summed E-state index contributed by atoms with van der Waals surface area (Å²) >= 11 is 0. The molecular weight excluding hydrogens is 170 g/mol. The Morgan fingerprint density at radius 3 is 3.00 bits per heavy atom. The Morgan fingerprint density at radius 2 is 2.31 bits per heavy atom. The monoisotopic (exact) mass is 185 g/mol. The number of unbranched alkanes of at least 4 members (excludes halogenated alkanes) is 2. The second kappa shape index (κ2) is 6.62. The molecule has 0 spiro atoms. The van der Waals surface area contributed by atoms with Crippen molar-refractivity contribution in [3.63, 3.8) is 0 Å². The van der Waals surface area contributed by atoms with Gasteiger partial charge < -0.3 is 14.4 Å². The summed E-state index contributed by atoms with van der Waals surface area (Å²) in [5, 5.41) is 12.2. The molecule has 0 aliphatic heterocycles. The van der Waals surface area contributed by atoms with Crippen molar-refractivity contribution in [2.75, 3.05) is 13.2 Å². The van der Waals surface area contributed by atoms with Crippen molar-refractivity contribution < 1.29 is 14.4 Å². The van der Waals surface area contributed by atoms with Crippen molar-refractivity contribution in [3.8, 4) is 0 Å². The number of ether oxygens (including phenoxy) is 1. The molecule has 0 aliphatic rings. The van der Waals surface area contributed by atoms with E-state index in [-0.39, 0.29) is 6.61 Å². The molecule has 0 aliphatic carbocycles. The second-order valence-electron chi connectivity index (χ2n) is 2.83. The van der Waals surface area contributed by atoms with Crippen molar-refractivity contribution in [2.45, 2.75) is 25.9 Å². The quantitative estimate of drug-likeness (QED) is 0.651. The van der Waals surface area contributed by atoms with E-state index in [1.165, 1.54) is 6.26 Å². The van der Waals surface area contributed by atoms with E-state index in [0.717, 1.165) is 25.0 Å². The zero-order valence-corrected chi connectivity index (χ0v) is 7.61. The highest BCUT2D eigenvalue weighted by molar-refractivity contribution is 4.92. The number of aliphatic hydroxyl groups is 1. The highest BCUT2D eigenvalue weighted by Gasteiger charge is 1.95.